The van der Waals surface area contributed by atoms with Crippen LogP contribution in [0.4, 0.5) is 0 Å². The third kappa shape index (κ3) is 7.03. The molecular formula is C18H16V2+2. The Morgan fingerprint density at radius 1 is 0.650 bits per heavy atom. The smallest absolute Gasteiger partial charge is 0.273 e. The molecule has 4 aliphatic carbocycles. The van der Waals surface area contributed by atoms with Crippen molar-refractivity contribution in [1.29, 1.82) is 0 Å². The molecule has 0 nitrogen and oxygen atoms in total. The third-order valence-electron chi connectivity index (χ3n) is 2.61. The SMILES string of the molecule is C1=CC2=CC=CC2=C1.[C-]1=CC=CC1.[C-]1=CC=CC1.[V+2].[V+2]. The molecule has 0 aliphatic heterocycles. The predicted octanol–water partition coefficient (Wildman–Crippen LogP) is 4.59. The first-order valence-electron chi connectivity index (χ1n) is 6.17. The molecule has 0 aromatic heterocycles. The Balaban J connectivity index is 0.000000269. The van der Waals surface area contributed by atoms with Gasteiger partial charge in [-0.3, -0.25) is 12.2 Å². The zero-order chi connectivity index (χ0) is 12.5. The van der Waals surface area contributed by atoms with E-state index in [1.807, 2.05) is 24.3 Å². The Hall–Kier alpha value is -0.911. The molecule has 4 rings (SSSR count). The standard InChI is InChI=1S/C8H6.2C5H5.2V/c1-3-7-5-2-6-8(7)4-1;2*1-2-4-5-3-1;;/h1-6H;2*1-3H,4H2;;/q;2*-1;2*+2. The molecule has 4 aliphatic rings. The molecule has 20 heavy (non-hydrogen) atoms. The van der Waals surface area contributed by atoms with Crippen molar-refractivity contribution in [3.8, 4) is 0 Å². The molecule has 0 N–H and O–H groups in total. The first-order chi connectivity index (χ1) is 8.97. The van der Waals surface area contributed by atoms with E-state index < -0.39 is 0 Å². The average Bonchev–Trinajstić information content (AvgIpc) is 3.18. The van der Waals surface area contributed by atoms with Crippen LogP contribution in [0.2, 0.25) is 0 Å². The summed E-state index contributed by atoms with van der Waals surface area (Å²) in [6, 6.07) is 0. The molecule has 0 atom stereocenters. The zero-order valence-electron chi connectivity index (χ0n) is 11.2. The van der Waals surface area contributed by atoms with Crippen LogP contribution in [0, 0.1) is 12.2 Å². The second-order valence-electron chi connectivity index (χ2n) is 3.97. The second-order valence-corrected chi connectivity index (χ2v) is 3.97. The first-order valence-corrected chi connectivity index (χ1v) is 6.17. The van der Waals surface area contributed by atoms with Crippen molar-refractivity contribution in [2.75, 3.05) is 0 Å². The summed E-state index contributed by atoms with van der Waals surface area (Å²) >= 11 is 0. The van der Waals surface area contributed by atoms with Crippen molar-refractivity contribution in [3.63, 3.8) is 0 Å². The number of hydrogen-bond acceptors (Lipinski definition) is 0. The van der Waals surface area contributed by atoms with Crippen molar-refractivity contribution in [1.82, 2.24) is 0 Å². The number of rotatable bonds is 0. The Morgan fingerprint density at radius 2 is 1.10 bits per heavy atom. The normalized spacial score (nSPS) is 17.2. The van der Waals surface area contributed by atoms with E-state index in [-0.39, 0.29) is 37.1 Å². The molecular weight excluding hydrogens is 318 g/mol. The molecule has 2 heteroatoms. The van der Waals surface area contributed by atoms with Gasteiger partial charge in [0.05, 0.1) is 0 Å². The van der Waals surface area contributed by atoms with Gasteiger partial charge >= 0.3 is 37.1 Å². The van der Waals surface area contributed by atoms with E-state index in [2.05, 4.69) is 60.8 Å². The van der Waals surface area contributed by atoms with Gasteiger partial charge in [-0.05, 0) is 11.1 Å². The van der Waals surface area contributed by atoms with Gasteiger partial charge in [-0.2, -0.15) is 12.2 Å². The maximum Gasteiger partial charge on any atom is 2.00 e. The summed E-state index contributed by atoms with van der Waals surface area (Å²) in [6.45, 7) is 0. The van der Waals surface area contributed by atoms with E-state index in [0.717, 1.165) is 12.8 Å². The van der Waals surface area contributed by atoms with Gasteiger partial charge in [0, 0.05) is 0 Å². The van der Waals surface area contributed by atoms with E-state index in [9.17, 15) is 0 Å². The van der Waals surface area contributed by atoms with Crippen LogP contribution in [0.3, 0.4) is 0 Å². The van der Waals surface area contributed by atoms with Gasteiger partial charge in [-0.15, -0.1) is 12.8 Å². The Morgan fingerprint density at radius 3 is 1.35 bits per heavy atom. The zero-order valence-corrected chi connectivity index (χ0v) is 14.0. The Bertz CT molecular complexity index is 442. The van der Waals surface area contributed by atoms with Crippen LogP contribution >= 0.6 is 0 Å². The van der Waals surface area contributed by atoms with E-state index in [1.165, 1.54) is 11.1 Å². The van der Waals surface area contributed by atoms with Crippen LogP contribution in [0.1, 0.15) is 12.8 Å². The van der Waals surface area contributed by atoms with Gasteiger partial charge in [0.25, 0.3) is 0 Å². The average molecular weight is 334 g/mol. The van der Waals surface area contributed by atoms with Crippen LogP contribution in [-0.4, -0.2) is 0 Å². The van der Waals surface area contributed by atoms with Crippen LogP contribution in [0.15, 0.2) is 84.1 Å². The van der Waals surface area contributed by atoms with Gasteiger partial charge in [0.2, 0.25) is 0 Å². The van der Waals surface area contributed by atoms with E-state index >= 15 is 0 Å². The summed E-state index contributed by atoms with van der Waals surface area (Å²) in [4.78, 5) is 0. The number of fused-ring (bicyclic) bond motifs is 1. The number of allylic oxidation sites excluding steroid dienone is 16. The first kappa shape index (κ1) is 19.1. The largest absolute Gasteiger partial charge is 2.00 e. The summed E-state index contributed by atoms with van der Waals surface area (Å²) in [5, 5.41) is 0. The second kappa shape index (κ2) is 11.9. The van der Waals surface area contributed by atoms with E-state index in [1.54, 1.807) is 0 Å². The van der Waals surface area contributed by atoms with Crippen molar-refractivity contribution in [2.45, 2.75) is 12.8 Å². The van der Waals surface area contributed by atoms with Crippen LogP contribution in [0.5, 0.6) is 0 Å². The summed E-state index contributed by atoms with van der Waals surface area (Å²) in [5.74, 6) is 0. The summed E-state index contributed by atoms with van der Waals surface area (Å²) in [6.07, 6.45) is 32.6. The molecule has 2 radical (unpaired) electrons. The van der Waals surface area contributed by atoms with Crippen molar-refractivity contribution < 1.29 is 37.1 Å². The van der Waals surface area contributed by atoms with Crippen LogP contribution in [-0.2, 0) is 37.1 Å². The predicted molar refractivity (Wildman–Crippen MR) is 77.6 cm³/mol. The van der Waals surface area contributed by atoms with Gasteiger partial charge in [-0.25, -0.2) is 24.3 Å². The van der Waals surface area contributed by atoms with Crippen molar-refractivity contribution in [3.05, 3.63) is 96.2 Å². The Kier molecular flexibility index (Phi) is 11.3. The topological polar surface area (TPSA) is 0 Å². The van der Waals surface area contributed by atoms with Crippen LogP contribution in [0.25, 0.3) is 0 Å². The molecule has 0 spiro atoms. The fourth-order valence-electron chi connectivity index (χ4n) is 1.69. The van der Waals surface area contributed by atoms with E-state index in [4.69, 9.17) is 0 Å². The van der Waals surface area contributed by atoms with Crippen molar-refractivity contribution in [2.24, 2.45) is 0 Å². The Labute approximate surface area is 145 Å². The molecule has 0 aromatic carbocycles. The summed E-state index contributed by atoms with van der Waals surface area (Å²) in [7, 11) is 0. The minimum Gasteiger partial charge on any atom is -0.273 e. The fourth-order valence-corrected chi connectivity index (χ4v) is 1.69. The molecule has 0 amide bonds. The molecule has 0 heterocycles. The maximum atomic E-state index is 2.99. The molecule has 0 aromatic rings. The minimum atomic E-state index is 0. The fraction of sp³-hybridized carbons (Fsp3) is 0.111. The molecule has 0 unspecified atom stereocenters. The van der Waals surface area contributed by atoms with Crippen LogP contribution < -0.4 is 0 Å². The molecule has 0 saturated heterocycles. The molecule has 96 valence electrons. The molecule has 0 fully saturated rings. The quantitative estimate of drug-likeness (QED) is 0.569. The molecule has 0 bridgehead atoms. The minimum absolute atomic E-state index is 0. The van der Waals surface area contributed by atoms with Gasteiger partial charge < -0.3 is 0 Å². The molecule has 0 saturated carbocycles. The maximum absolute atomic E-state index is 2.99. The summed E-state index contributed by atoms with van der Waals surface area (Å²) in [5.41, 5.74) is 2.70. The van der Waals surface area contributed by atoms with Crippen molar-refractivity contribution >= 4 is 0 Å². The summed E-state index contributed by atoms with van der Waals surface area (Å²) < 4.78 is 0. The van der Waals surface area contributed by atoms with E-state index in [0.29, 0.717) is 0 Å². The monoisotopic (exact) mass is 334 g/mol. The number of hydrogen-bond donors (Lipinski definition) is 0. The third-order valence-corrected chi connectivity index (χ3v) is 2.61. The van der Waals surface area contributed by atoms with Gasteiger partial charge in [0.15, 0.2) is 0 Å². The van der Waals surface area contributed by atoms with Gasteiger partial charge in [0.1, 0.15) is 0 Å². The van der Waals surface area contributed by atoms with Gasteiger partial charge in [-0.1, -0.05) is 36.5 Å².